The van der Waals surface area contributed by atoms with Gasteiger partial charge in [-0.15, -0.1) is 0 Å². The lowest BCUT2D eigenvalue weighted by Crippen LogP contribution is -2.40. The lowest BCUT2D eigenvalue weighted by molar-refractivity contribution is -0.128. The van der Waals surface area contributed by atoms with Crippen LogP contribution in [0.4, 0.5) is 0 Å². The Hall–Kier alpha value is -1.39. The first kappa shape index (κ1) is 14.5. The van der Waals surface area contributed by atoms with Crippen LogP contribution in [-0.2, 0) is 16.0 Å². The second-order valence-corrected chi connectivity index (χ2v) is 6.20. The quantitative estimate of drug-likeness (QED) is 0.892. The van der Waals surface area contributed by atoms with Crippen LogP contribution in [0.3, 0.4) is 0 Å². The number of carbonyl (C=O) groups is 1. The standard InChI is InChI=1S/C17H23NO3/c1-11(12-6-8-21-9-7-12)17(20)18-16-14-5-3-2-4-13(14)10-15(16)19/h2-5,11-12,15-16,19H,6-10H2,1H3,(H,18,20). The highest BCUT2D eigenvalue weighted by Crippen LogP contribution is 2.32. The van der Waals surface area contributed by atoms with Gasteiger partial charge in [-0.3, -0.25) is 4.79 Å². The van der Waals surface area contributed by atoms with Crippen LogP contribution in [0.1, 0.15) is 36.9 Å². The van der Waals surface area contributed by atoms with Crippen molar-refractivity contribution in [2.24, 2.45) is 11.8 Å². The third-order valence-electron chi connectivity index (χ3n) is 4.89. The Morgan fingerprint density at radius 1 is 1.33 bits per heavy atom. The number of fused-ring (bicyclic) bond motifs is 1. The van der Waals surface area contributed by atoms with Crippen LogP contribution in [-0.4, -0.2) is 30.3 Å². The molecule has 1 heterocycles. The molecule has 1 aliphatic carbocycles. The van der Waals surface area contributed by atoms with Gasteiger partial charge in [-0.2, -0.15) is 0 Å². The summed E-state index contributed by atoms with van der Waals surface area (Å²) in [5.41, 5.74) is 2.19. The van der Waals surface area contributed by atoms with E-state index in [0.29, 0.717) is 12.3 Å². The topological polar surface area (TPSA) is 58.6 Å². The van der Waals surface area contributed by atoms with Gasteiger partial charge in [-0.1, -0.05) is 31.2 Å². The van der Waals surface area contributed by atoms with E-state index in [2.05, 4.69) is 5.32 Å². The lowest BCUT2D eigenvalue weighted by atomic mass is 9.86. The summed E-state index contributed by atoms with van der Waals surface area (Å²) in [5, 5.41) is 13.3. The number of amides is 1. The van der Waals surface area contributed by atoms with Crippen molar-refractivity contribution in [1.29, 1.82) is 0 Å². The number of aliphatic hydroxyl groups excluding tert-OH is 1. The van der Waals surface area contributed by atoms with E-state index in [9.17, 15) is 9.90 Å². The van der Waals surface area contributed by atoms with Crippen molar-refractivity contribution >= 4 is 5.91 Å². The number of benzene rings is 1. The molecule has 4 nitrogen and oxygen atoms in total. The van der Waals surface area contributed by atoms with Crippen molar-refractivity contribution in [1.82, 2.24) is 5.32 Å². The fourth-order valence-electron chi connectivity index (χ4n) is 3.46. The molecule has 3 rings (SSSR count). The van der Waals surface area contributed by atoms with Gasteiger partial charge in [0, 0.05) is 25.6 Å². The molecule has 0 spiro atoms. The molecule has 0 aromatic heterocycles. The average Bonchev–Trinajstić information content (AvgIpc) is 2.83. The van der Waals surface area contributed by atoms with E-state index < -0.39 is 6.10 Å². The minimum Gasteiger partial charge on any atom is -0.390 e. The number of carbonyl (C=O) groups excluding carboxylic acids is 1. The first-order chi connectivity index (χ1) is 10.2. The van der Waals surface area contributed by atoms with Gasteiger partial charge in [-0.25, -0.2) is 0 Å². The number of hydrogen-bond donors (Lipinski definition) is 2. The maximum Gasteiger partial charge on any atom is 0.223 e. The van der Waals surface area contributed by atoms with Gasteiger partial charge in [0.05, 0.1) is 12.1 Å². The molecule has 3 unspecified atom stereocenters. The van der Waals surface area contributed by atoms with Crippen molar-refractivity contribution in [3.05, 3.63) is 35.4 Å². The van der Waals surface area contributed by atoms with Crippen LogP contribution in [0.2, 0.25) is 0 Å². The molecule has 1 saturated heterocycles. The van der Waals surface area contributed by atoms with E-state index in [1.165, 1.54) is 0 Å². The molecule has 1 aromatic carbocycles. The summed E-state index contributed by atoms with van der Waals surface area (Å²) >= 11 is 0. The zero-order valence-corrected chi connectivity index (χ0v) is 12.4. The molecule has 3 atom stereocenters. The number of hydrogen-bond acceptors (Lipinski definition) is 3. The minimum absolute atomic E-state index is 0.0335. The van der Waals surface area contributed by atoms with E-state index in [1.54, 1.807) is 0 Å². The highest BCUT2D eigenvalue weighted by Gasteiger charge is 2.34. The summed E-state index contributed by atoms with van der Waals surface area (Å²) in [6.07, 6.45) is 1.98. The van der Waals surface area contributed by atoms with Crippen LogP contribution >= 0.6 is 0 Å². The molecule has 1 aromatic rings. The van der Waals surface area contributed by atoms with Crippen LogP contribution in [0.15, 0.2) is 24.3 Å². The zero-order valence-electron chi connectivity index (χ0n) is 12.4. The van der Waals surface area contributed by atoms with Crippen LogP contribution < -0.4 is 5.32 Å². The van der Waals surface area contributed by atoms with E-state index in [0.717, 1.165) is 37.2 Å². The highest BCUT2D eigenvalue weighted by molar-refractivity contribution is 5.79. The number of ether oxygens (including phenoxy) is 1. The summed E-state index contributed by atoms with van der Waals surface area (Å²) in [5.74, 6) is 0.393. The largest absolute Gasteiger partial charge is 0.390 e. The van der Waals surface area contributed by atoms with Crippen LogP contribution in [0, 0.1) is 11.8 Å². The first-order valence-corrected chi connectivity index (χ1v) is 7.81. The SMILES string of the molecule is CC(C(=O)NC1c2ccccc2CC1O)C1CCOCC1. The molecule has 21 heavy (non-hydrogen) atoms. The Morgan fingerprint density at radius 3 is 2.81 bits per heavy atom. The van der Waals surface area contributed by atoms with Gasteiger partial charge >= 0.3 is 0 Å². The fourth-order valence-corrected chi connectivity index (χ4v) is 3.46. The molecule has 2 N–H and O–H groups in total. The molecule has 0 saturated carbocycles. The van der Waals surface area contributed by atoms with Gasteiger partial charge in [-0.05, 0) is 29.9 Å². The molecule has 0 radical (unpaired) electrons. The molecule has 114 valence electrons. The summed E-state index contributed by atoms with van der Waals surface area (Å²) in [6, 6.07) is 7.68. The predicted molar refractivity (Wildman–Crippen MR) is 79.7 cm³/mol. The van der Waals surface area contributed by atoms with E-state index in [4.69, 9.17) is 4.74 Å². The lowest BCUT2D eigenvalue weighted by Gasteiger charge is -2.28. The number of aliphatic hydroxyl groups is 1. The first-order valence-electron chi connectivity index (χ1n) is 7.81. The predicted octanol–water partition coefficient (Wildman–Crippen LogP) is 1.82. The van der Waals surface area contributed by atoms with Crippen molar-refractivity contribution in [3.8, 4) is 0 Å². The van der Waals surface area contributed by atoms with Gasteiger partial charge in [0.1, 0.15) is 0 Å². The smallest absolute Gasteiger partial charge is 0.223 e. The third kappa shape index (κ3) is 2.97. The maximum absolute atomic E-state index is 12.5. The molecular formula is C17H23NO3. The second kappa shape index (κ2) is 6.16. The third-order valence-corrected chi connectivity index (χ3v) is 4.89. The Bertz CT molecular complexity index is 511. The molecule has 2 aliphatic rings. The monoisotopic (exact) mass is 289 g/mol. The molecular weight excluding hydrogens is 266 g/mol. The van der Waals surface area contributed by atoms with E-state index in [-0.39, 0.29) is 17.9 Å². The Morgan fingerprint density at radius 2 is 2.05 bits per heavy atom. The average molecular weight is 289 g/mol. The van der Waals surface area contributed by atoms with Crippen molar-refractivity contribution in [2.75, 3.05) is 13.2 Å². The maximum atomic E-state index is 12.5. The van der Waals surface area contributed by atoms with E-state index >= 15 is 0 Å². The summed E-state index contributed by atoms with van der Waals surface area (Å²) in [7, 11) is 0. The van der Waals surface area contributed by atoms with Gasteiger partial charge < -0.3 is 15.2 Å². The Labute approximate surface area is 125 Å². The molecule has 1 fully saturated rings. The van der Waals surface area contributed by atoms with Crippen LogP contribution in [0.5, 0.6) is 0 Å². The van der Waals surface area contributed by atoms with Gasteiger partial charge in [0.15, 0.2) is 0 Å². The van der Waals surface area contributed by atoms with Crippen molar-refractivity contribution in [2.45, 2.75) is 38.3 Å². The van der Waals surface area contributed by atoms with Crippen molar-refractivity contribution in [3.63, 3.8) is 0 Å². The number of nitrogens with one attached hydrogen (secondary N) is 1. The van der Waals surface area contributed by atoms with Crippen molar-refractivity contribution < 1.29 is 14.6 Å². The molecule has 1 aliphatic heterocycles. The summed E-state index contributed by atoms with van der Waals surface area (Å²) in [6.45, 7) is 3.48. The van der Waals surface area contributed by atoms with Gasteiger partial charge in [0.2, 0.25) is 5.91 Å². The van der Waals surface area contributed by atoms with E-state index in [1.807, 2.05) is 31.2 Å². The second-order valence-electron chi connectivity index (χ2n) is 6.20. The molecule has 4 heteroatoms. The van der Waals surface area contributed by atoms with Crippen LogP contribution in [0.25, 0.3) is 0 Å². The van der Waals surface area contributed by atoms with Gasteiger partial charge in [0.25, 0.3) is 0 Å². The molecule has 0 bridgehead atoms. The molecule has 1 amide bonds. The summed E-state index contributed by atoms with van der Waals surface area (Å²) in [4.78, 5) is 12.5. The normalized spacial score (nSPS) is 27.1. The number of rotatable bonds is 3. The zero-order chi connectivity index (χ0) is 14.8. The highest BCUT2D eigenvalue weighted by atomic mass is 16.5. The Kier molecular flexibility index (Phi) is 4.27. The fraction of sp³-hybridized carbons (Fsp3) is 0.588. The minimum atomic E-state index is -0.520. The Balaban J connectivity index is 1.67. The summed E-state index contributed by atoms with van der Waals surface area (Å²) < 4.78 is 5.35.